The summed E-state index contributed by atoms with van der Waals surface area (Å²) in [7, 11) is 0. The number of nitrogens with zero attached hydrogens (tertiary/aromatic N) is 1. The van der Waals surface area contributed by atoms with Crippen molar-refractivity contribution in [3.63, 3.8) is 0 Å². The van der Waals surface area contributed by atoms with Gasteiger partial charge in [-0.25, -0.2) is 4.39 Å². The molecule has 1 aromatic heterocycles. The summed E-state index contributed by atoms with van der Waals surface area (Å²) < 4.78 is 15.0. The molecule has 0 bridgehead atoms. The lowest BCUT2D eigenvalue weighted by atomic mass is 9.84. The average molecular weight is 383 g/mol. The van der Waals surface area contributed by atoms with Gasteiger partial charge in [-0.3, -0.25) is 14.2 Å². The van der Waals surface area contributed by atoms with Gasteiger partial charge >= 0.3 is 5.97 Å². The van der Waals surface area contributed by atoms with Crippen molar-refractivity contribution in [2.75, 3.05) is 0 Å². The molecule has 6 heteroatoms. The van der Waals surface area contributed by atoms with Crippen LogP contribution in [0.1, 0.15) is 47.8 Å². The predicted octanol–water partition coefficient (Wildman–Crippen LogP) is 4.70. The van der Waals surface area contributed by atoms with Crippen LogP contribution in [0, 0.1) is 18.7 Å². The molecule has 28 heavy (non-hydrogen) atoms. The molecule has 1 heterocycles. The number of carbonyl (C=O) groups excluding carboxylic acids is 1. The minimum atomic E-state index is -0.988. The van der Waals surface area contributed by atoms with E-state index in [1.807, 2.05) is 13.8 Å². The molecule has 2 aromatic carbocycles. The van der Waals surface area contributed by atoms with Crippen molar-refractivity contribution in [3.05, 3.63) is 65.1 Å². The first-order valence-electron chi connectivity index (χ1n) is 9.13. The Labute approximate surface area is 162 Å². The smallest absolute Gasteiger partial charge is 0.311 e. The summed E-state index contributed by atoms with van der Waals surface area (Å²) in [6, 6.07) is 9.87. The Bertz CT molecular complexity index is 1070. The number of aliphatic carboxylic acids is 1. The van der Waals surface area contributed by atoms with E-state index >= 15 is 0 Å². The maximum atomic E-state index is 13.6. The number of phenolic OH excluding ortho intramolecular Hbond substituents is 1. The molecule has 0 saturated carbocycles. The van der Waals surface area contributed by atoms with Gasteiger partial charge in [0, 0.05) is 16.6 Å². The molecule has 5 nitrogen and oxygen atoms in total. The number of aromatic hydroxyl groups is 1. The second-order valence-corrected chi connectivity index (χ2v) is 7.05. The molecule has 3 rings (SSSR count). The zero-order chi connectivity index (χ0) is 20.6. The second-order valence-electron chi connectivity index (χ2n) is 7.05. The molecule has 0 radical (unpaired) electrons. The van der Waals surface area contributed by atoms with Crippen molar-refractivity contribution in [3.8, 4) is 5.75 Å². The Hall–Kier alpha value is -3.15. The van der Waals surface area contributed by atoms with Crippen LogP contribution in [0.4, 0.5) is 4.39 Å². The second kappa shape index (κ2) is 7.46. The molecule has 0 aliphatic carbocycles. The van der Waals surface area contributed by atoms with Gasteiger partial charge in [-0.15, -0.1) is 0 Å². The highest BCUT2D eigenvalue weighted by Gasteiger charge is 2.32. The fourth-order valence-electron chi connectivity index (χ4n) is 3.72. The first-order chi connectivity index (χ1) is 13.3. The van der Waals surface area contributed by atoms with Crippen molar-refractivity contribution in [1.82, 2.24) is 4.57 Å². The minimum Gasteiger partial charge on any atom is -0.508 e. The Kier molecular flexibility index (Phi) is 5.23. The van der Waals surface area contributed by atoms with Crippen LogP contribution >= 0.6 is 0 Å². The monoisotopic (exact) mass is 383 g/mol. The SMILES string of the molecule is CCC(C)C(C(=O)O)c1c(C)n(C(=O)c2cccc(F)c2)c2ccc(O)cc12. The fraction of sp³-hybridized carbons (Fsp3) is 0.273. The fourth-order valence-corrected chi connectivity index (χ4v) is 3.72. The molecule has 0 amide bonds. The van der Waals surface area contributed by atoms with E-state index < -0.39 is 23.6 Å². The lowest BCUT2D eigenvalue weighted by Gasteiger charge is -2.20. The Balaban J connectivity index is 2.32. The van der Waals surface area contributed by atoms with Crippen LogP contribution in [0.5, 0.6) is 5.75 Å². The van der Waals surface area contributed by atoms with Gasteiger partial charge in [0.05, 0.1) is 11.4 Å². The van der Waals surface area contributed by atoms with Gasteiger partial charge in [-0.2, -0.15) is 0 Å². The first kappa shape index (κ1) is 19.6. The van der Waals surface area contributed by atoms with E-state index in [9.17, 15) is 24.2 Å². The lowest BCUT2D eigenvalue weighted by Crippen LogP contribution is -2.21. The van der Waals surface area contributed by atoms with E-state index in [4.69, 9.17) is 0 Å². The van der Waals surface area contributed by atoms with Crippen LogP contribution in [0.25, 0.3) is 10.9 Å². The highest BCUT2D eigenvalue weighted by atomic mass is 19.1. The summed E-state index contributed by atoms with van der Waals surface area (Å²) in [5.74, 6) is -3.00. The number of carboxylic acids is 1. The van der Waals surface area contributed by atoms with Crippen LogP contribution in [-0.2, 0) is 4.79 Å². The van der Waals surface area contributed by atoms with Gasteiger partial charge < -0.3 is 10.2 Å². The third-order valence-electron chi connectivity index (χ3n) is 5.30. The maximum Gasteiger partial charge on any atom is 0.311 e. The molecule has 2 atom stereocenters. The molecular formula is C22H22FNO4. The summed E-state index contributed by atoms with van der Waals surface area (Å²) in [6.45, 7) is 5.44. The number of hydrogen-bond donors (Lipinski definition) is 2. The van der Waals surface area contributed by atoms with Crippen molar-refractivity contribution >= 4 is 22.8 Å². The van der Waals surface area contributed by atoms with Crippen LogP contribution in [-0.4, -0.2) is 26.7 Å². The number of aromatic nitrogens is 1. The summed E-state index contributed by atoms with van der Waals surface area (Å²) in [5.41, 5.74) is 1.62. The third-order valence-corrected chi connectivity index (χ3v) is 5.30. The van der Waals surface area contributed by atoms with Gasteiger partial charge in [-0.05, 0) is 54.8 Å². The topological polar surface area (TPSA) is 79.5 Å². The highest BCUT2D eigenvalue weighted by Crippen LogP contribution is 2.38. The number of halogens is 1. The first-order valence-corrected chi connectivity index (χ1v) is 9.13. The predicted molar refractivity (Wildman–Crippen MR) is 104 cm³/mol. The number of phenols is 1. The lowest BCUT2D eigenvalue weighted by molar-refractivity contribution is -0.140. The number of carboxylic acid groups (broad SMARTS) is 1. The largest absolute Gasteiger partial charge is 0.508 e. The normalized spacial score (nSPS) is 13.4. The Morgan fingerprint density at radius 3 is 2.50 bits per heavy atom. The molecule has 2 unspecified atom stereocenters. The van der Waals surface area contributed by atoms with E-state index in [0.29, 0.717) is 28.6 Å². The Morgan fingerprint density at radius 2 is 1.89 bits per heavy atom. The average Bonchev–Trinajstić information content (AvgIpc) is 2.92. The van der Waals surface area contributed by atoms with Crippen LogP contribution in [0.3, 0.4) is 0 Å². The zero-order valence-corrected chi connectivity index (χ0v) is 15.9. The van der Waals surface area contributed by atoms with Crippen molar-refractivity contribution in [2.45, 2.75) is 33.1 Å². The van der Waals surface area contributed by atoms with E-state index in [-0.39, 0.29) is 17.2 Å². The van der Waals surface area contributed by atoms with E-state index in [1.54, 1.807) is 13.0 Å². The summed E-state index contributed by atoms with van der Waals surface area (Å²) in [6.07, 6.45) is 0.639. The summed E-state index contributed by atoms with van der Waals surface area (Å²) >= 11 is 0. The molecule has 3 aromatic rings. The Morgan fingerprint density at radius 1 is 1.18 bits per heavy atom. The van der Waals surface area contributed by atoms with Crippen molar-refractivity contribution < 1.29 is 24.2 Å². The molecule has 0 aliphatic rings. The third kappa shape index (κ3) is 3.26. The minimum absolute atomic E-state index is 0.0163. The standard InChI is InChI=1S/C22H22FNO4/c1-4-12(2)19(22(27)28)20-13(3)24(18-9-8-16(25)11-17(18)20)21(26)14-6-5-7-15(23)10-14/h5-12,19,25H,4H2,1-3H3,(H,27,28). The van der Waals surface area contributed by atoms with Gasteiger partial charge in [0.2, 0.25) is 0 Å². The molecule has 0 saturated heterocycles. The van der Waals surface area contributed by atoms with E-state index in [1.165, 1.54) is 34.9 Å². The summed E-state index contributed by atoms with van der Waals surface area (Å²) in [4.78, 5) is 25.2. The number of fused-ring (bicyclic) bond motifs is 1. The van der Waals surface area contributed by atoms with E-state index in [2.05, 4.69) is 0 Å². The molecule has 0 spiro atoms. The molecular weight excluding hydrogens is 361 g/mol. The van der Waals surface area contributed by atoms with Crippen LogP contribution in [0.2, 0.25) is 0 Å². The van der Waals surface area contributed by atoms with Crippen molar-refractivity contribution in [1.29, 1.82) is 0 Å². The number of rotatable bonds is 5. The number of hydrogen-bond acceptors (Lipinski definition) is 3. The van der Waals surface area contributed by atoms with Gasteiger partial charge in [-0.1, -0.05) is 26.3 Å². The highest BCUT2D eigenvalue weighted by molar-refractivity contribution is 6.05. The number of carbonyl (C=O) groups is 2. The quantitative estimate of drug-likeness (QED) is 0.669. The molecule has 0 aliphatic heterocycles. The van der Waals surface area contributed by atoms with Crippen molar-refractivity contribution in [2.24, 2.45) is 5.92 Å². The molecule has 2 N–H and O–H groups in total. The summed E-state index contributed by atoms with van der Waals surface area (Å²) in [5, 5.41) is 20.4. The molecule has 0 fully saturated rings. The van der Waals surface area contributed by atoms with Gasteiger partial charge in [0.25, 0.3) is 5.91 Å². The molecule has 146 valence electrons. The number of benzene rings is 2. The van der Waals surface area contributed by atoms with Crippen LogP contribution < -0.4 is 0 Å². The van der Waals surface area contributed by atoms with Crippen LogP contribution in [0.15, 0.2) is 42.5 Å². The van der Waals surface area contributed by atoms with Gasteiger partial charge in [0.15, 0.2) is 0 Å². The van der Waals surface area contributed by atoms with E-state index in [0.717, 1.165) is 6.07 Å². The zero-order valence-electron chi connectivity index (χ0n) is 15.9. The van der Waals surface area contributed by atoms with Gasteiger partial charge in [0.1, 0.15) is 11.6 Å². The maximum absolute atomic E-state index is 13.6.